The first-order chi connectivity index (χ1) is 12.0. The van der Waals surface area contributed by atoms with Gasteiger partial charge in [0.15, 0.2) is 5.96 Å². The normalized spacial score (nSPS) is 18.9. The molecule has 1 unspecified atom stereocenters. The van der Waals surface area contributed by atoms with Crippen molar-refractivity contribution in [3.63, 3.8) is 0 Å². The van der Waals surface area contributed by atoms with Crippen LogP contribution in [0.3, 0.4) is 0 Å². The lowest BCUT2D eigenvalue weighted by molar-refractivity contribution is 0.0530. The lowest BCUT2D eigenvalue weighted by atomic mass is 9.74. The molecule has 2 N–H and O–H groups in total. The highest BCUT2D eigenvalue weighted by atomic mass is 19.1. The van der Waals surface area contributed by atoms with E-state index < -0.39 is 0 Å². The maximum Gasteiger partial charge on any atom is 0.191 e. The van der Waals surface area contributed by atoms with Gasteiger partial charge in [-0.2, -0.15) is 0 Å². The average molecular weight is 349 g/mol. The van der Waals surface area contributed by atoms with E-state index in [1.54, 1.807) is 12.1 Å². The molecule has 5 heteroatoms. The second-order valence-electron chi connectivity index (χ2n) is 7.27. The molecule has 2 rings (SSSR count). The van der Waals surface area contributed by atoms with Crippen molar-refractivity contribution in [2.75, 3.05) is 26.3 Å². The number of hydrogen-bond donors (Lipinski definition) is 2. The van der Waals surface area contributed by atoms with Gasteiger partial charge in [-0.05, 0) is 50.3 Å². The molecule has 25 heavy (non-hydrogen) atoms. The van der Waals surface area contributed by atoms with E-state index in [9.17, 15) is 4.39 Å². The minimum absolute atomic E-state index is 0.0879. The fourth-order valence-electron chi connectivity index (χ4n) is 3.04. The molecule has 0 radical (unpaired) electrons. The number of nitrogens with one attached hydrogen (secondary N) is 2. The van der Waals surface area contributed by atoms with Crippen LogP contribution in [0.15, 0.2) is 29.3 Å². The molecule has 140 valence electrons. The standard InChI is InChI=1S/C20H32FN3O/c1-5-22-19(24-16(4)15(2)3)23-14-20(10-12-25-13-11-20)17-6-8-18(21)9-7-17/h6-9,15-16H,5,10-14H2,1-4H3,(H2,22,23,24). The van der Waals surface area contributed by atoms with Crippen LogP contribution in [0.25, 0.3) is 0 Å². The van der Waals surface area contributed by atoms with Crippen molar-refractivity contribution >= 4 is 5.96 Å². The Hall–Kier alpha value is -1.62. The van der Waals surface area contributed by atoms with Gasteiger partial charge in [-0.15, -0.1) is 0 Å². The number of aliphatic imine (C=N–C) groups is 1. The Morgan fingerprint density at radius 1 is 1.20 bits per heavy atom. The first-order valence-corrected chi connectivity index (χ1v) is 9.35. The molecule has 1 aromatic carbocycles. The predicted molar refractivity (Wildman–Crippen MR) is 102 cm³/mol. The molecule has 1 saturated heterocycles. The second-order valence-corrected chi connectivity index (χ2v) is 7.27. The van der Waals surface area contributed by atoms with Crippen LogP contribution in [0.2, 0.25) is 0 Å². The Labute approximate surface area is 151 Å². The van der Waals surface area contributed by atoms with E-state index in [1.807, 2.05) is 12.1 Å². The summed E-state index contributed by atoms with van der Waals surface area (Å²) in [5.41, 5.74) is 1.06. The van der Waals surface area contributed by atoms with E-state index in [-0.39, 0.29) is 11.2 Å². The lowest BCUT2D eigenvalue weighted by Gasteiger charge is -2.37. The second kappa shape index (κ2) is 9.18. The van der Waals surface area contributed by atoms with E-state index in [0.717, 1.165) is 44.1 Å². The topological polar surface area (TPSA) is 45.7 Å². The van der Waals surface area contributed by atoms with Gasteiger partial charge < -0.3 is 15.4 Å². The highest BCUT2D eigenvalue weighted by Crippen LogP contribution is 2.35. The number of nitrogens with zero attached hydrogens (tertiary/aromatic N) is 1. The third kappa shape index (κ3) is 5.43. The van der Waals surface area contributed by atoms with Crippen LogP contribution in [0.4, 0.5) is 4.39 Å². The summed E-state index contributed by atoms with van der Waals surface area (Å²) in [6.45, 7) is 11.6. The molecule has 1 heterocycles. The molecule has 1 atom stereocenters. The lowest BCUT2D eigenvalue weighted by Crippen LogP contribution is -2.45. The summed E-state index contributed by atoms with van der Waals surface area (Å²) < 4.78 is 18.9. The van der Waals surface area contributed by atoms with Crippen molar-refractivity contribution in [2.24, 2.45) is 10.9 Å². The van der Waals surface area contributed by atoms with Gasteiger partial charge in [-0.1, -0.05) is 26.0 Å². The van der Waals surface area contributed by atoms with Crippen molar-refractivity contribution in [1.29, 1.82) is 0 Å². The highest BCUT2D eigenvalue weighted by molar-refractivity contribution is 5.80. The van der Waals surface area contributed by atoms with Crippen molar-refractivity contribution in [3.05, 3.63) is 35.6 Å². The Kier molecular flexibility index (Phi) is 7.24. The minimum atomic E-state index is -0.199. The molecule has 1 aliphatic heterocycles. The molecule has 0 saturated carbocycles. The SMILES string of the molecule is CCNC(=NCC1(c2ccc(F)cc2)CCOCC1)NC(C)C(C)C. The third-order valence-corrected chi connectivity index (χ3v) is 5.15. The van der Waals surface area contributed by atoms with Crippen LogP contribution in [0.5, 0.6) is 0 Å². The maximum absolute atomic E-state index is 13.3. The molecule has 0 amide bonds. The zero-order valence-electron chi connectivity index (χ0n) is 15.9. The minimum Gasteiger partial charge on any atom is -0.381 e. The van der Waals surface area contributed by atoms with E-state index in [0.29, 0.717) is 18.5 Å². The molecule has 0 aromatic heterocycles. The van der Waals surface area contributed by atoms with Gasteiger partial charge in [0.25, 0.3) is 0 Å². The molecule has 4 nitrogen and oxygen atoms in total. The Morgan fingerprint density at radius 3 is 2.40 bits per heavy atom. The van der Waals surface area contributed by atoms with Crippen LogP contribution in [0.1, 0.15) is 46.1 Å². The summed E-state index contributed by atoms with van der Waals surface area (Å²) in [4.78, 5) is 4.88. The van der Waals surface area contributed by atoms with E-state index in [4.69, 9.17) is 9.73 Å². The molecular weight excluding hydrogens is 317 g/mol. The third-order valence-electron chi connectivity index (χ3n) is 5.15. The monoisotopic (exact) mass is 349 g/mol. The largest absolute Gasteiger partial charge is 0.381 e. The highest BCUT2D eigenvalue weighted by Gasteiger charge is 2.34. The summed E-state index contributed by atoms with van der Waals surface area (Å²) in [6, 6.07) is 7.22. The van der Waals surface area contributed by atoms with Crippen molar-refractivity contribution in [2.45, 2.75) is 52.0 Å². The quantitative estimate of drug-likeness (QED) is 0.611. The number of guanidine groups is 1. The van der Waals surface area contributed by atoms with Gasteiger partial charge in [0, 0.05) is 31.2 Å². The van der Waals surface area contributed by atoms with Crippen LogP contribution < -0.4 is 10.6 Å². The van der Waals surface area contributed by atoms with Gasteiger partial charge >= 0.3 is 0 Å². The molecule has 0 bridgehead atoms. The van der Waals surface area contributed by atoms with Crippen LogP contribution >= 0.6 is 0 Å². The zero-order chi connectivity index (χ0) is 18.3. The molecule has 0 spiro atoms. The molecule has 1 aliphatic rings. The molecule has 1 fully saturated rings. The summed E-state index contributed by atoms with van der Waals surface area (Å²) >= 11 is 0. The Morgan fingerprint density at radius 2 is 1.84 bits per heavy atom. The average Bonchev–Trinajstić information content (AvgIpc) is 2.61. The summed E-state index contributed by atoms with van der Waals surface area (Å²) in [5.74, 6) is 1.17. The number of rotatable bonds is 6. The van der Waals surface area contributed by atoms with E-state index >= 15 is 0 Å². The van der Waals surface area contributed by atoms with Gasteiger partial charge in [0.05, 0.1) is 6.54 Å². The van der Waals surface area contributed by atoms with Gasteiger partial charge in [0.2, 0.25) is 0 Å². The predicted octanol–water partition coefficient (Wildman–Crippen LogP) is 3.47. The van der Waals surface area contributed by atoms with Crippen LogP contribution in [-0.2, 0) is 10.2 Å². The maximum atomic E-state index is 13.3. The van der Waals surface area contributed by atoms with Crippen molar-refractivity contribution in [3.8, 4) is 0 Å². The Balaban J connectivity index is 2.21. The fourth-order valence-corrected chi connectivity index (χ4v) is 3.04. The van der Waals surface area contributed by atoms with Crippen LogP contribution in [-0.4, -0.2) is 38.3 Å². The smallest absolute Gasteiger partial charge is 0.191 e. The van der Waals surface area contributed by atoms with Crippen LogP contribution in [0, 0.1) is 11.7 Å². The first-order valence-electron chi connectivity index (χ1n) is 9.35. The number of halogens is 1. The fraction of sp³-hybridized carbons (Fsp3) is 0.650. The van der Waals surface area contributed by atoms with Crippen molar-refractivity contribution < 1.29 is 9.13 Å². The van der Waals surface area contributed by atoms with Gasteiger partial charge in [0.1, 0.15) is 5.82 Å². The van der Waals surface area contributed by atoms with Gasteiger partial charge in [-0.3, -0.25) is 4.99 Å². The summed E-state index contributed by atoms with van der Waals surface area (Å²) in [5, 5.41) is 6.82. The first kappa shape index (κ1) is 19.7. The van der Waals surface area contributed by atoms with Gasteiger partial charge in [-0.25, -0.2) is 4.39 Å². The number of benzene rings is 1. The zero-order valence-corrected chi connectivity index (χ0v) is 15.9. The summed E-state index contributed by atoms with van der Waals surface area (Å²) in [6.07, 6.45) is 1.81. The molecule has 1 aromatic rings. The van der Waals surface area contributed by atoms with Crippen molar-refractivity contribution in [1.82, 2.24) is 10.6 Å². The number of hydrogen-bond acceptors (Lipinski definition) is 2. The molecule has 0 aliphatic carbocycles. The Bertz CT molecular complexity index is 551. The molecular formula is C20H32FN3O. The van der Waals surface area contributed by atoms with E-state index in [1.165, 1.54) is 0 Å². The van der Waals surface area contributed by atoms with E-state index in [2.05, 4.69) is 38.3 Å². The summed E-state index contributed by atoms with van der Waals surface area (Å²) in [7, 11) is 0. The number of ether oxygens (including phenoxy) is 1.